The van der Waals surface area contributed by atoms with E-state index in [0.717, 1.165) is 25.5 Å². The molecule has 0 saturated heterocycles. The molecular formula is C26H41NO5P-. The number of unbranched alkanes of at least 4 members (excludes halogenated alkanes) is 2. The van der Waals surface area contributed by atoms with Gasteiger partial charge in [-0.05, 0) is 81.9 Å². The van der Waals surface area contributed by atoms with Gasteiger partial charge in [0.05, 0.1) is 12.8 Å². The van der Waals surface area contributed by atoms with Crippen molar-refractivity contribution in [3.63, 3.8) is 0 Å². The quantitative estimate of drug-likeness (QED) is 0.0899. The summed E-state index contributed by atoms with van der Waals surface area (Å²) in [7, 11) is -3.03. The third-order valence-corrected chi connectivity index (χ3v) is 6.55. The fourth-order valence-corrected chi connectivity index (χ4v) is 4.06. The number of hydrogen-bond donors (Lipinski definition) is 0. The smallest absolute Gasteiger partial charge is 0.267 e. The predicted octanol–water partition coefficient (Wildman–Crippen LogP) is 6.82. The molecule has 0 spiro atoms. The maximum Gasteiger partial charge on any atom is 0.267 e. The van der Waals surface area contributed by atoms with E-state index in [1.54, 1.807) is 6.21 Å². The van der Waals surface area contributed by atoms with Crippen molar-refractivity contribution in [3.05, 3.63) is 58.7 Å². The minimum atomic E-state index is -4.11. The highest BCUT2D eigenvalue weighted by Gasteiger charge is 2.26. The van der Waals surface area contributed by atoms with Crippen LogP contribution in [0.25, 0.3) is 0 Å². The van der Waals surface area contributed by atoms with Crippen LogP contribution in [0.5, 0.6) is 0 Å². The Kier molecular flexibility index (Phi) is 13.5. The molecule has 1 rings (SSSR count). The van der Waals surface area contributed by atoms with E-state index in [1.165, 1.54) is 36.0 Å². The minimum absolute atomic E-state index is 0.116. The Bertz CT molecular complexity index is 834. The topological polar surface area (TPSA) is 80.2 Å². The van der Waals surface area contributed by atoms with Crippen molar-refractivity contribution >= 4 is 14.0 Å². The standard InChI is InChI=1S/C26H42NO5P/c1-22(15-16-25-24(3)14-11-18-26(25,4)5)12-10-13-23(2)17-19-27-31-20-8-7-9-21-32-33(28,29)30-6/h10,12-13,15-17,19H,7-9,11,14,18,20-21H2,1-6H3,(H,28,29)/p-1/b13-10+,16-15+,22-12+,23-17+,27-19?. The third kappa shape index (κ3) is 12.9. The molecule has 0 heterocycles. The zero-order valence-electron chi connectivity index (χ0n) is 21.1. The van der Waals surface area contributed by atoms with Crippen LogP contribution < -0.4 is 4.89 Å². The second-order valence-corrected chi connectivity index (χ2v) is 10.6. The van der Waals surface area contributed by atoms with Gasteiger partial charge in [-0.1, -0.05) is 60.5 Å². The van der Waals surface area contributed by atoms with E-state index in [4.69, 9.17) is 4.84 Å². The molecule has 0 aromatic rings. The summed E-state index contributed by atoms with van der Waals surface area (Å²) in [6, 6.07) is 0. The molecule has 33 heavy (non-hydrogen) atoms. The summed E-state index contributed by atoms with van der Waals surface area (Å²) in [5, 5.41) is 3.91. The summed E-state index contributed by atoms with van der Waals surface area (Å²) in [6.07, 6.45) is 20.1. The van der Waals surface area contributed by atoms with Crippen LogP contribution in [-0.4, -0.2) is 26.5 Å². The van der Waals surface area contributed by atoms with Crippen LogP contribution in [0.15, 0.2) is 63.9 Å². The van der Waals surface area contributed by atoms with Crippen molar-refractivity contribution in [1.29, 1.82) is 0 Å². The number of phosphoric ester groups is 1. The second-order valence-electron chi connectivity index (χ2n) is 9.06. The van der Waals surface area contributed by atoms with Crippen molar-refractivity contribution in [2.24, 2.45) is 10.6 Å². The highest BCUT2D eigenvalue weighted by atomic mass is 31.2. The molecule has 0 amide bonds. The van der Waals surface area contributed by atoms with Crippen LogP contribution >= 0.6 is 7.82 Å². The Balaban J connectivity index is 2.32. The van der Waals surface area contributed by atoms with Gasteiger partial charge in [0.2, 0.25) is 0 Å². The first-order valence-corrected chi connectivity index (χ1v) is 13.1. The Morgan fingerprint density at radius 2 is 1.82 bits per heavy atom. The maximum absolute atomic E-state index is 11.0. The average Bonchev–Trinajstić information content (AvgIpc) is 2.74. The molecule has 186 valence electrons. The average molecular weight is 479 g/mol. The summed E-state index contributed by atoms with van der Waals surface area (Å²) in [5.41, 5.74) is 5.53. The molecule has 1 aliphatic rings. The summed E-state index contributed by atoms with van der Waals surface area (Å²) < 4.78 is 19.9. The number of nitrogens with zero attached hydrogens (tertiary/aromatic N) is 1. The molecule has 1 atom stereocenters. The summed E-state index contributed by atoms with van der Waals surface area (Å²) >= 11 is 0. The molecule has 0 fully saturated rings. The van der Waals surface area contributed by atoms with Gasteiger partial charge in [0.1, 0.15) is 6.61 Å². The molecule has 0 N–H and O–H groups in total. The van der Waals surface area contributed by atoms with Gasteiger partial charge in [-0.2, -0.15) is 0 Å². The van der Waals surface area contributed by atoms with Gasteiger partial charge in [-0.3, -0.25) is 4.57 Å². The van der Waals surface area contributed by atoms with Crippen molar-refractivity contribution in [3.8, 4) is 0 Å². The molecule has 1 unspecified atom stereocenters. The summed E-state index contributed by atoms with van der Waals surface area (Å²) in [5.74, 6) is 0. The van der Waals surface area contributed by atoms with E-state index in [-0.39, 0.29) is 12.0 Å². The number of allylic oxidation sites excluding steroid dienone is 10. The zero-order chi connectivity index (χ0) is 24.7. The van der Waals surface area contributed by atoms with Crippen molar-refractivity contribution in [2.75, 3.05) is 20.3 Å². The number of oxime groups is 1. The lowest BCUT2D eigenvalue weighted by Gasteiger charge is -2.32. The molecule has 0 bridgehead atoms. The highest BCUT2D eigenvalue weighted by Crippen LogP contribution is 2.40. The van der Waals surface area contributed by atoms with Gasteiger partial charge < -0.3 is 18.8 Å². The van der Waals surface area contributed by atoms with Crippen LogP contribution in [0.1, 0.15) is 73.1 Å². The molecule has 0 aliphatic heterocycles. The highest BCUT2D eigenvalue weighted by molar-refractivity contribution is 7.45. The van der Waals surface area contributed by atoms with Gasteiger partial charge in [-0.25, -0.2) is 0 Å². The van der Waals surface area contributed by atoms with Gasteiger partial charge in [0.25, 0.3) is 7.82 Å². The van der Waals surface area contributed by atoms with Gasteiger partial charge in [-0.15, -0.1) is 0 Å². The Labute approximate surface area is 200 Å². The van der Waals surface area contributed by atoms with Crippen LogP contribution in [-0.2, 0) is 18.5 Å². The van der Waals surface area contributed by atoms with Crippen molar-refractivity contribution in [1.82, 2.24) is 0 Å². The first-order chi connectivity index (χ1) is 15.6. The van der Waals surface area contributed by atoms with Gasteiger partial charge >= 0.3 is 0 Å². The lowest BCUT2D eigenvalue weighted by molar-refractivity contribution is -0.223. The number of hydrogen-bond acceptors (Lipinski definition) is 6. The predicted molar refractivity (Wildman–Crippen MR) is 135 cm³/mol. The molecule has 0 saturated carbocycles. The molecule has 0 radical (unpaired) electrons. The van der Waals surface area contributed by atoms with E-state index in [9.17, 15) is 9.46 Å². The van der Waals surface area contributed by atoms with E-state index in [0.29, 0.717) is 13.0 Å². The van der Waals surface area contributed by atoms with Gasteiger partial charge in [0.15, 0.2) is 0 Å². The van der Waals surface area contributed by atoms with Crippen LogP contribution in [0.4, 0.5) is 0 Å². The monoisotopic (exact) mass is 478 g/mol. The fraction of sp³-hybridized carbons (Fsp3) is 0.577. The first-order valence-electron chi connectivity index (χ1n) is 11.6. The zero-order valence-corrected chi connectivity index (χ0v) is 22.0. The molecule has 1 aliphatic carbocycles. The first kappa shape index (κ1) is 29.3. The molecule has 7 heteroatoms. The normalized spacial score (nSPS) is 19.7. The summed E-state index contributed by atoms with van der Waals surface area (Å²) in [4.78, 5) is 16.2. The van der Waals surface area contributed by atoms with E-state index >= 15 is 0 Å². The van der Waals surface area contributed by atoms with Crippen LogP contribution in [0, 0.1) is 5.41 Å². The Hall–Kier alpha value is -1.72. The van der Waals surface area contributed by atoms with E-state index < -0.39 is 7.82 Å². The number of rotatable bonds is 14. The molecule has 0 aromatic heterocycles. The van der Waals surface area contributed by atoms with Gasteiger partial charge in [0, 0.05) is 7.11 Å². The van der Waals surface area contributed by atoms with Crippen molar-refractivity contribution < 1.29 is 23.3 Å². The Morgan fingerprint density at radius 1 is 1.12 bits per heavy atom. The molecular weight excluding hydrogens is 437 g/mol. The summed E-state index contributed by atoms with van der Waals surface area (Å²) in [6.45, 7) is 11.6. The van der Waals surface area contributed by atoms with E-state index in [2.05, 4.69) is 60.1 Å². The maximum atomic E-state index is 11.0. The van der Waals surface area contributed by atoms with Crippen LogP contribution in [0.3, 0.4) is 0 Å². The lowest BCUT2D eigenvalue weighted by Crippen LogP contribution is -2.19. The largest absolute Gasteiger partial charge is 0.756 e. The third-order valence-electron chi connectivity index (χ3n) is 5.60. The van der Waals surface area contributed by atoms with E-state index in [1.807, 2.05) is 25.2 Å². The minimum Gasteiger partial charge on any atom is -0.756 e. The Morgan fingerprint density at radius 3 is 2.52 bits per heavy atom. The lowest BCUT2D eigenvalue weighted by atomic mass is 9.72. The van der Waals surface area contributed by atoms with Crippen molar-refractivity contribution in [2.45, 2.75) is 73.1 Å². The second kappa shape index (κ2) is 15.2. The SMILES string of the molecule is COP(=O)([O-])OCCCCCON=C/C=C(C)/C=C/C=C(C)/C=C/C1=C(C)CCCC1(C)C. The molecule has 6 nitrogen and oxygen atoms in total. The fourth-order valence-electron chi connectivity index (χ4n) is 3.61. The molecule has 0 aromatic carbocycles. The van der Waals surface area contributed by atoms with Crippen LogP contribution in [0.2, 0.25) is 0 Å². The number of phosphoric acid groups is 1.